The summed E-state index contributed by atoms with van der Waals surface area (Å²) in [5.41, 5.74) is 0.253. The van der Waals surface area contributed by atoms with Crippen LogP contribution < -0.4 is 14.8 Å². The molecular weight excluding hydrogens is 313 g/mol. The maximum absolute atomic E-state index is 13.6. The molecule has 23 heavy (non-hydrogen) atoms. The molecule has 1 aromatic heterocycles. The van der Waals surface area contributed by atoms with E-state index in [1.807, 2.05) is 0 Å². The van der Waals surface area contributed by atoms with Crippen molar-refractivity contribution in [2.45, 2.75) is 13.5 Å². The molecule has 0 saturated carbocycles. The molecule has 0 fully saturated rings. The maximum atomic E-state index is 13.6. The van der Waals surface area contributed by atoms with Gasteiger partial charge in [0.2, 0.25) is 5.88 Å². The molecule has 5 nitrogen and oxygen atoms in total. The first-order valence-electron chi connectivity index (χ1n) is 6.64. The Morgan fingerprint density at radius 1 is 1.35 bits per heavy atom. The Kier molecular flexibility index (Phi) is 5.40. The van der Waals surface area contributed by atoms with Crippen LogP contribution in [-0.2, 0) is 0 Å². The van der Waals surface area contributed by atoms with Crippen molar-refractivity contribution in [3.05, 3.63) is 47.9 Å². The second-order valence-corrected chi connectivity index (χ2v) is 4.27. The number of rotatable bonds is 6. The summed E-state index contributed by atoms with van der Waals surface area (Å²) in [7, 11) is 0. The number of pyridine rings is 1. The van der Waals surface area contributed by atoms with E-state index in [0.717, 1.165) is 12.1 Å². The number of halogens is 3. The normalized spacial score (nSPS) is 10.5. The van der Waals surface area contributed by atoms with Crippen molar-refractivity contribution in [2.24, 2.45) is 0 Å². The Labute approximate surface area is 130 Å². The lowest BCUT2D eigenvalue weighted by molar-refractivity contribution is -0.0521. The minimum atomic E-state index is -3.13. The molecule has 0 aliphatic rings. The first-order chi connectivity index (χ1) is 11.0. The van der Waals surface area contributed by atoms with E-state index in [9.17, 15) is 18.0 Å². The minimum Gasteiger partial charge on any atom is -0.477 e. The van der Waals surface area contributed by atoms with Crippen LogP contribution in [0.3, 0.4) is 0 Å². The number of nitrogens with one attached hydrogen (secondary N) is 1. The third-order valence-corrected chi connectivity index (χ3v) is 2.70. The highest BCUT2D eigenvalue weighted by Gasteiger charge is 2.15. The van der Waals surface area contributed by atoms with Crippen LogP contribution in [0, 0.1) is 5.82 Å². The van der Waals surface area contributed by atoms with E-state index in [-0.39, 0.29) is 17.1 Å². The summed E-state index contributed by atoms with van der Waals surface area (Å²) in [6, 6.07) is 6.18. The second-order valence-electron chi connectivity index (χ2n) is 4.27. The molecule has 0 unspecified atom stereocenters. The highest BCUT2D eigenvalue weighted by molar-refractivity contribution is 6.05. The van der Waals surface area contributed by atoms with E-state index in [1.165, 1.54) is 18.3 Å². The monoisotopic (exact) mass is 326 g/mol. The smallest absolute Gasteiger partial charge is 0.387 e. The van der Waals surface area contributed by atoms with Gasteiger partial charge in [-0.25, -0.2) is 9.37 Å². The Morgan fingerprint density at radius 3 is 2.78 bits per heavy atom. The number of nitrogens with zero attached hydrogens (tertiary/aromatic N) is 1. The molecule has 0 aliphatic carbocycles. The SMILES string of the molecule is CCOc1ncccc1C(=O)Nc1ccc(OC(F)F)c(F)c1. The number of benzene rings is 1. The number of ether oxygens (including phenoxy) is 2. The van der Waals surface area contributed by atoms with Gasteiger partial charge in [-0.05, 0) is 31.2 Å². The fraction of sp³-hybridized carbons (Fsp3) is 0.200. The number of hydrogen-bond acceptors (Lipinski definition) is 4. The summed E-state index contributed by atoms with van der Waals surface area (Å²) in [5, 5.41) is 2.44. The summed E-state index contributed by atoms with van der Waals surface area (Å²) in [5.74, 6) is -2.04. The summed E-state index contributed by atoms with van der Waals surface area (Å²) < 4.78 is 47.0. The lowest BCUT2D eigenvalue weighted by Crippen LogP contribution is -2.14. The molecule has 0 saturated heterocycles. The lowest BCUT2D eigenvalue weighted by atomic mass is 10.2. The summed E-state index contributed by atoms with van der Waals surface area (Å²) in [6.45, 7) is -1.06. The van der Waals surface area contributed by atoms with Crippen LogP contribution in [0.1, 0.15) is 17.3 Å². The zero-order valence-electron chi connectivity index (χ0n) is 12.1. The molecule has 0 aliphatic heterocycles. The number of anilines is 1. The molecule has 0 atom stereocenters. The molecule has 8 heteroatoms. The van der Waals surface area contributed by atoms with E-state index < -0.39 is 24.1 Å². The fourth-order valence-electron chi connectivity index (χ4n) is 1.78. The molecule has 1 aromatic carbocycles. The highest BCUT2D eigenvalue weighted by Crippen LogP contribution is 2.24. The first kappa shape index (κ1) is 16.6. The molecular formula is C15H13F3N2O3. The fourth-order valence-corrected chi connectivity index (χ4v) is 1.78. The summed E-state index contributed by atoms with van der Waals surface area (Å²) >= 11 is 0. The average Bonchev–Trinajstić information content (AvgIpc) is 2.50. The zero-order valence-corrected chi connectivity index (χ0v) is 12.1. The number of hydrogen-bond donors (Lipinski definition) is 1. The van der Waals surface area contributed by atoms with E-state index in [0.29, 0.717) is 6.61 Å². The Bertz CT molecular complexity index is 695. The van der Waals surface area contributed by atoms with Gasteiger partial charge in [0.15, 0.2) is 11.6 Å². The number of alkyl halides is 2. The number of aromatic nitrogens is 1. The zero-order chi connectivity index (χ0) is 16.8. The van der Waals surface area contributed by atoms with Crippen LogP contribution in [0.5, 0.6) is 11.6 Å². The quantitative estimate of drug-likeness (QED) is 0.883. The van der Waals surface area contributed by atoms with Crippen LogP contribution >= 0.6 is 0 Å². The Balaban J connectivity index is 2.16. The molecule has 0 bridgehead atoms. The molecule has 2 rings (SSSR count). The van der Waals surface area contributed by atoms with Crippen LogP contribution in [0.15, 0.2) is 36.5 Å². The Hall–Kier alpha value is -2.77. The molecule has 1 amide bonds. The molecule has 2 aromatic rings. The van der Waals surface area contributed by atoms with E-state index >= 15 is 0 Å². The highest BCUT2D eigenvalue weighted by atomic mass is 19.3. The van der Waals surface area contributed by atoms with Crippen molar-refractivity contribution in [1.82, 2.24) is 4.98 Å². The van der Waals surface area contributed by atoms with Gasteiger partial charge in [-0.15, -0.1) is 0 Å². The van der Waals surface area contributed by atoms with Crippen LogP contribution in [-0.4, -0.2) is 24.1 Å². The van der Waals surface area contributed by atoms with Crippen molar-refractivity contribution in [3.63, 3.8) is 0 Å². The van der Waals surface area contributed by atoms with Gasteiger partial charge in [-0.1, -0.05) is 0 Å². The van der Waals surface area contributed by atoms with Gasteiger partial charge < -0.3 is 14.8 Å². The van der Waals surface area contributed by atoms with Crippen LogP contribution in [0.4, 0.5) is 18.9 Å². The van der Waals surface area contributed by atoms with Gasteiger partial charge in [0.1, 0.15) is 5.56 Å². The predicted molar refractivity (Wildman–Crippen MR) is 76.4 cm³/mol. The Morgan fingerprint density at radius 2 is 2.13 bits per heavy atom. The standard InChI is InChI=1S/C15H13F3N2O3/c1-2-22-14-10(4-3-7-19-14)13(21)20-9-5-6-12(11(16)8-9)23-15(17)18/h3-8,15H,2H2,1H3,(H,20,21). The second kappa shape index (κ2) is 7.48. The first-order valence-corrected chi connectivity index (χ1v) is 6.64. The van der Waals surface area contributed by atoms with Gasteiger partial charge in [0.05, 0.1) is 6.61 Å². The van der Waals surface area contributed by atoms with Gasteiger partial charge in [0, 0.05) is 18.0 Å². The van der Waals surface area contributed by atoms with Crippen LogP contribution in [0.25, 0.3) is 0 Å². The molecule has 0 radical (unpaired) electrons. The number of carbonyl (C=O) groups is 1. The number of carbonyl (C=O) groups excluding carboxylic acids is 1. The molecule has 1 heterocycles. The summed E-state index contributed by atoms with van der Waals surface area (Å²) in [6.07, 6.45) is 1.47. The van der Waals surface area contributed by atoms with Crippen molar-refractivity contribution in [1.29, 1.82) is 0 Å². The minimum absolute atomic E-state index is 0.0837. The topological polar surface area (TPSA) is 60.5 Å². The van der Waals surface area contributed by atoms with Crippen molar-refractivity contribution in [2.75, 3.05) is 11.9 Å². The average molecular weight is 326 g/mol. The van der Waals surface area contributed by atoms with E-state index in [1.54, 1.807) is 13.0 Å². The molecule has 122 valence electrons. The third-order valence-electron chi connectivity index (χ3n) is 2.70. The summed E-state index contributed by atoms with van der Waals surface area (Å²) in [4.78, 5) is 16.1. The lowest BCUT2D eigenvalue weighted by Gasteiger charge is -2.10. The van der Waals surface area contributed by atoms with Crippen LogP contribution in [0.2, 0.25) is 0 Å². The van der Waals surface area contributed by atoms with Gasteiger partial charge in [-0.2, -0.15) is 8.78 Å². The van der Waals surface area contributed by atoms with E-state index in [4.69, 9.17) is 4.74 Å². The van der Waals surface area contributed by atoms with Crippen molar-refractivity contribution >= 4 is 11.6 Å². The van der Waals surface area contributed by atoms with Gasteiger partial charge in [0.25, 0.3) is 5.91 Å². The third kappa shape index (κ3) is 4.35. The molecule has 1 N–H and O–H groups in total. The number of amides is 1. The van der Waals surface area contributed by atoms with Gasteiger partial charge >= 0.3 is 6.61 Å². The predicted octanol–water partition coefficient (Wildman–Crippen LogP) is 3.47. The largest absolute Gasteiger partial charge is 0.477 e. The van der Waals surface area contributed by atoms with E-state index in [2.05, 4.69) is 15.0 Å². The molecule has 0 spiro atoms. The van der Waals surface area contributed by atoms with Gasteiger partial charge in [-0.3, -0.25) is 4.79 Å². The maximum Gasteiger partial charge on any atom is 0.387 e. The van der Waals surface area contributed by atoms with Crippen molar-refractivity contribution < 1.29 is 27.4 Å². The van der Waals surface area contributed by atoms with Crippen molar-refractivity contribution in [3.8, 4) is 11.6 Å².